The van der Waals surface area contributed by atoms with Crippen molar-refractivity contribution in [1.82, 2.24) is 4.98 Å². The van der Waals surface area contributed by atoms with Crippen LogP contribution in [0.25, 0.3) is 10.8 Å². The van der Waals surface area contributed by atoms with Crippen LogP contribution < -0.4 is 15.4 Å². The van der Waals surface area contributed by atoms with Crippen LogP contribution in [0, 0.1) is 5.41 Å². The molecule has 10 heteroatoms. The monoisotopic (exact) mass is 548 g/mol. The molecule has 0 radical (unpaired) electrons. The molecule has 0 saturated heterocycles. The summed E-state index contributed by atoms with van der Waals surface area (Å²) >= 11 is 0. The van der Waals surface area contributed by atoms with Crippen LogP contribution in [-0.4, -0.2) is 34.5 Å². The first-order chi connectivity index (χ1) is 18.8. The standard InChI is InChI=1S/C29H29FN4O4S/c1-29(2,19-30)27(35)32-21-12-14-22(15-13-21)34-39(37)26-11-6-8-23-24(26)9-5-10-25(23)33-28(36)38-18-16-20-7-3-4-17-31-20/h3-15,17,34H,16,18-19H2,1-2H3,(H,32,35)(H,33,36). The number of carbonyl (C=O) groups is 2. The highest BCUT2D eigenvalue weighted by Crippen LogP contribution is 2.29. The fourth-order valence-electron chi connectivity index (χ4n) is 3.64. The number of ether oxygens (including phenoxy) is 1. The number of amides is 2. The maximum atomic E-state index is 13.2. The summed E-state index contributed by atoms with van der Waals surface area (Å²) in [7, 11) is -1.63. The Morgan fingerprint density at radius 3 is 2.33 bits per heavy atom. The minimum absolute atomic E-state index is 0.183. The van der Waals surface area contributed by atoms with Gasteiger partial charge in [-0.25, -0.2) is 13.4 Å². The third-order valence-corrected chi connectivity index (χ3v) is 7.11. The molecule has 0 aliphatic heterocycles. The zero-order chi connectivity index (χ0) is 27.8. The minimum atomic E-state index is -1.63. The van der Waals surface area contributed by atoms with Gasteiger partial charge in [0.05, 0.1) is 22.6 Å². The Bertz CT molecular complexity index is 1480. The van der Waals surface area contributed by atoms with E-state index in [1.165, 1.54) is 13.8 Å². The highest BCUT2D eigenvalue weighted by atomic mass is 32.2. The van der Waals surface area contributed by atoms with Gasteiger partial charge in [0.2, 0.25) is 5.91 Å². The molecule has 1 unspecified atom stereocenters. The highest BCUT2D eigenvalue weighted by Gasteiger charge is 2.27. The van der Waals surface area contributed by atoms with E-state index in [4.69, 9.17) is 4.74 Å². The largest absolute Gasteiger partial charge is 0.449 e. The van der Waals surface area contributed by atoms with E-state index in [0.29, 0.717) is 39.2 Å². The lowest BCUT2D eigenvalue weighted by Crippen LogP contribution is -2.32. The molecule has 0 bridgehead atoms. The van der Waals surface area contributed by atoms with Crippen molar-refractivity contribution >= 4 is 50.8 Å². The van der Waals surface area contributed by atoms with Crippen molar-refractivity contribution in [3.63, 3.8) is 0 Å². The third kappa shape index (κ3) is 7.17. The first-order valence-corrected chi connectivity index (χ1v) is 13.4. The molecule has 4 aromatic rings. The van der Waals surface area contributed by atoms with Crippen molar-refractivity contribution in [3.05, 3.63) is 90.8 Å². The van der Waals surface area contributed by atoms with Gasteiger partial charge in [0.25, 0.3) is 0 Å². The average Bonchev–Trinajstić information content (AvgIpc) is 2.94. The van der Waals surface area contributed by atoms with Gasteiger partial charge in [-0.05, 0) is 62.4 Å². The number of fused-ring (bicyclic) bond motifs is 1. The van der Waals surface area contributed by atoms with E-state index in [2.05, 4.69) is 20.3 Å². The van der Waals surface area contributed by atoms with Gasteiger partial charge in [0.1, 0.15) is 6.67 Å². The number of nitrogens with one attached hydrogen (secondary N) is 3. The van der Waals surface area contributed by atoms with Crippen LogP contribution in [0.2, 0.25) is 0 Å². The van der Waals surface area contributed by atoms with Gasteiger partial charge >= 0.3 is 6.09 Å². The van der Waals surface area contributed by atoms with E-state index < -0.39 is 35.1 Å². The van der Waals surface area contributed by atoms with Gasteiger partial charge in [-0.15, -0.1) is 0 Å². The Labute approximate surface area is 228 Å². The molecule has 0 aliphatic rings. The van der Waals surface area contributed by atoms with E-state index in [1.807, 2.05) is 30.3 Å². The van der Waals surface area contributed by atoms with Crippen LogP contribution >= 0.6 is 0 Å². The van der Waals surface area contributed by atoms with Crippen molar-refractivity contribution in [3.8, 4) is 0 Å². The Morgan fingerprint density at radius 1 is 0.897 bits per heavy atom. The Hall–Kier alpha value is -4.31. The molecule has 2 amide bonds. The van der Waals surface area contributed by atoms with E-state index in [0.717, 1.165) is 5.69 Å². The molecular formula is C29H29FN4O4S. The second kappa shape index (κ2) is 12.5. The molecule has 4 rings (SSSR count). The van der Waals surface area contributed by atoms with E-state index in [1.54, 1.807) is 54.7 Å². The second-order valence-corrected chi connectivity index (χ2v) is 10.6. The van der Waals surface area contributed by atoms with E-state index >= 15 is 0 Å². The summed E-state index contributed by atoms with van der Waals surface area (Å²) in [6, 6.07) is 22.9. The number of pyridine rings is 1. The predicted octanol–water partition coefficient (Wildman–Crippen LogP) is 6.09. The Morgan fingerprint density at radius 2 is 1.62 bits per heavy atom. The molecular weight excluding hydrogens is 519 g/mol. The van der Waals surface area contributed by atoms with Crippen LogP contribution in [0.1, 0.15) is 19.5 Å². The minimum Gasteiger partial charge on any atom is -0.449 e. The van der Waals surface area contributed by atoms with Crippen LogP contribution in [0.3, 0.4) is 0 Å². The maximum Gasteiger partial charge on any atom is 0.411 e. The highest BCUT2D eigenvalue weighted by molar-refractivity contribution is 7.86. The molecule has 202 valence electrons. The second-order valence-electron chi connectivity index (χ2n) is 9.41. The maximum absolute atomic E-state index is 13.2. The van der Waals surface area contributed by atoms with Gasteiger partial charge in [-0.3, -0.25) is 15.1 Å². The van der Waals surface area contributed by atoms with Crippen molar-refractivity contribution < 1.29 is 22.9 Å². The zero-order valence-electron chi connectivity index (χ0n) is 21.6. The quantitative estimate of drug-likeness (QED) is 0.222. The Kier molecular flexibility index (Phi) is 8.88. The number of rotatable bonds is 10. The summed E-state index contributed by atoms with van der Waals surface area (Å²) in [5, 5.41) is 6.86. The summed E-state index contributed by atoms with van der Waals surface area (Å²) in [5.74, 6) is -0.425. The molecule has 3 aromatic carbocycles. The van der Waals surface area contributed by atoms with E-state index in [-0.39, 0.29) is 6.61 Å². The number of benzene rings is 3. The number of anilines is 3. The summed E-state index contributed by atoms with van der Waals surface area (Å²) in [4.78, 5) is 29.3. The number of halogens is 1. The molecule has 0 aliphatic carbocycles. The van der Waals surface area contributed by atoms with E-state index in [9.17, 15) is 18.2 Å². The number of nitrogens with zero attached hydrogens (tertiary/aromatic N) is 1. The molecule has 1 aromatic heterocycles. The smallest absolute Gasteiger partial charge is 0.411 e. The molecule has 1 heterocycles. The normalized spacial score (nSPS) is 12.0. The molecule has 8 nitrogen and oxygen atoms in total. The SMILES string of the molecule is CC(C)(CF)C(=O)Nc1ccc(NS(=O)c2cccc3c(NC(=O)OCCc4ccccn4)cccc23)cc1. The van der Waals surface area contributed by atoms with Crippen molar-refractivity contribution in [1.29, 1.82) is 0 Å². The molecule has 3 N–H and O–H groups in total. The van der Waals surface area contributed by atoms with Crippen LogP contribution in [-0.2, 0) is 26.9 Å². The number of aromatic nitrogens is 1. The fraction of sp³-hybridized carbons (Fsp3) is 0.207. The third-order valence-electron chi connectivity index (χ3n) is 5.94. The first-order valence-electron chi connectivity index (χ1n) is 12.3. The lowest BCUT2D eigenvalue weighted by atomic mass is 9.94. The number of alkyl halides is 1. The van der Waals surface area contributed by atoms with Crippen molar-refractivity contribution in [2.24, 2.45) is 5.41 Å². The summed E-state index contributed by atoms with van der Waals surface area (Å²) in [6.07, 6.45) is 1.60. The fourth-order valence-corrected chi connectivity index (χ4v) is 4.68. The number of carbonyl (C=O) groups excluding carboxylic acids is 2. The van der Waals surface area contributed by atoms with Crippen molar-refractivity contribution in [2.75, 3.05) is 28.6 Å². The molecule has 0 spiro atoms. The summed E-state index contributed by atoms with van der Waals surface area (Å²) in [5.41, 5.74) is 1.31. The first kappa shape index (κ1) is 27.7. The summed E-state index contributed by atoms with van der Waals surface area (Å²) < 4.78 is 34.6. The zero-order valence-corrected chi connectivity index (χ0v) is 22.4. The van der Waals surface area contributed by atoms with Gasteiger partial charge in [-0.2, -0.15) is 0 Å². The molecule has 0 saturated carbocycles. The Balaban J connectivity index is 1.41. The lowest BCUT2D eigenvalue weighted by molar-refractivity contribution is -0.124. The lowest BCUT2D eigenvalue weighted by Gasteiger charge is -2.19. The number of hydrogen-bond acceptors (Lipinski definition) is 5. The predicted molar refractivity (Wildman–Crippen MR) is 152 cm³/mol. The summed E-state index contributed by atoms with van der Waals surface area (Å²) in [6.45, 7) is 2.47. The van der Waals surface area contributed by atoms with Crippen molar-refractivity contribution in [2.45, 2.75) is 25.2 Å². The van der Waals surface area contributed by atoms with Gasteiger partial charge in [0, 0.05) is 40.5 Å². The molecule has 1 atom stereocenters. The topological polar surface area (TPSA) is 109 Å². The van der Waals surface area contributed by atoms with Gasteiger partial charge < -0.3 is 14.8 Å². The average molecular weight is 549 g/mol. The molecule has 39 heavy (non-hydrogen) atoms. The van der Waals surface area contributed by atoms with Crippen LogP contribution in [0.5, 0.6) is 0 Å². The van der Waals surface area contributed by atoms with Gasteiger partial charge in [0.15, 0.2) is 11.0 Å². The van der Waals surface area contributed by atoms with Crippen LogP contribution in [0.15, 0.2) is 90.0 Å². The number of hydrogen-bond donors (Lipinski definition) is 3. The molecule has 0 fully saturated rings. The van der Waals surface area contributed by atoms with Crippen LogP contribution in [0.4, 0.5) is 26.2 Å². The van der Waals surface area contributed by atoms with Gasteiger partial charge in [-0.1, -0.05) is 30.3 Å².